The number of hydrogen-bond acceptors (Lipinski definition) is 4. The van der Waals surface area contributed by atoms with Crippen LogP contribution in [0.15, 0.2) is 0 Å². The van der Waals surface area contributed by atoms with Crippen LogP contribution in [0, 0.1) is 0 Å². The van der Waals surface area contributed by atoms with Crippen molar-refractivity contribution in [3.8, 4) is 0 Å². The Kier molecular flexibility index (Phi) is 5.28. The number of alkyl carbamates (subject to hydrolysis) is 1. The molecule has 0 saturated carbocycles. The number of nitrogens with one attached hydrogen (secondary N) is 1. The van der Waals surface area contributed by atoms with E-state index in [2.05, 4.69) is 5.32 Å². The highest BCUT2D eigenvalue weighted by Gasteiger charge is 2.31. The topological polar surface area (TPSA) is 72.5 Å². The van der Waals surface area contributed by atoms with Gasteiger partial charge in [-0.2, -0.15) is 0 Å². The molecule has 0 aromatic heterocycles. The summed E-state index contributed by atoms with van der Waals surface area (Å²) in [5.41, 5.74) is -1.55. The molecule has 1 amide bonds. The van der Waals surface area contributed by atoms with Crippen molar-refractivity contribution < 1.29 is 17.9 Å². The van der Waals surface area contributed by atoms with Crippen LogP contribution in [0.2, 0.25) is 0 Å². The summed E-state index contributed by atoms with van der Waals surface area (Å²) in [6, 6.07) is 0. The average molecular weight is 286 g/mol. The van der Waals surface area contributed by atoms with Gasteiger partial charge < -0.3 is 10.1 Å². The van der Waals surface area contributed by atoms with Gasteiger partial charge in [-0.15, -0.1) is 0 Å². The Bertz CT molecular complexity index is 374. The first-order valence-electron chi connectivity index (χ1n) is 5.30. The number of carbonyl (C=O) groups excluding carboxylic acids is 1. The molecule has 17 heavy (non-hydrogen) atoms. The Morgan fingerprint density at radius 2 is 1.76 bits per heavy atom. The quantitative estimate of drug-likeness (QED) is 0.804. The number of amides is 1. The van der Waals surface area contributed by atoms with E-state index in [1.54, 1.807) is 34.6 Å². The van der Waals surface area contributed by atoms with Crippen LogP contribution >= 0.6 is 10.7 Å². The number of carbonyl (C=O) groups is 1. The van der Waals surface area contributed by atoms with Gasteiger partial charge in [-0.1, -0.05) is 6.92 Å². The third kappa shape index (κ3) is 8.26. The maximum absolute atomic E-state index is 11.5. The molecular formula is C10H20ClNO4S. The molecule has 0 aromatic rings. The van der Waals surface area contributed by atoms with Crippen LogP contribution in [0.25, 0.3) is 0 Å². The molecule has 0 rings (SSSR count). The fraction of sp³-hybridized carbons (Fsp3) is 0.900. The molecule has 0 saturated heterocycles. The highest BCUT2D eigenvalue weighted by molar-refractivity contribution is 8.13. The maximum Gasteiger partial charge on any atom is 0.408 e. The molecule has 0 bridgehead atoms. The van der Waals surface area contributed by atoms with Crippen molar-refractivity contribution in [2.45, 2.75) is 52.2 Å². The van der Waals surface area contributed by atoms with E-state index in [0.29, 0.717) is 6.42 Å². The Hall–Kier alpha value is -0.490. The van der Waals surface area contributed by atoms with E-state index in [-0.39, 0.29) is 5.75 Å². The molecule has 0 aliphatic rings. The second-order valence-electron chi connectivity index (χ2n) is 5.22. The van der Waals surface area contributed by atoms with Crippen LogP contribution in [0.4, 0.5) is 4.79 Å². The van der Waals surface area contributed by atoms with Gasteiger partial charge in [0.15, 0.2) is 0 Å². The molecule has 1 atom stereocenters. The summed E-state index contributed by atoms with van der Waals surface area (Å²) in [5, 5.41) is 2.53. The molecule has 5 nitrogen and oxygen atoms in total. The standard InChI is InChI=1S/C10H20ClNO4S/c1-6-10(5,7-17(11,14)15)12-8(13)16-9(2,3)4/h6-7H2,1-5H3,(H,12,13). The van der Waals surface area contributed by atoms with Gasteiger partial charge in [0.2, 0.25) is 9.05 Å². The van der Waals surface area contributed by atoms with Crippen LogP contribution in [0.3, 0.4) is 0 Å². The highest BCUT2D eigenvalue weighted by atomic mass is 35.7. The lowest BCUT2D eigenvalue weighted by molar-refractivity contribution is 0.0472. The summed E-state index contributed by atoms with van der Waals surface area (Å²) < 4.78 is 27.2. The predicted octanol–water partition coefficient (Wildman–Crippen LogP) is 2.25. The number of hydrogen-bond donors (Lipinski definition) is 1. The van der Waals surface area contributed by atoms with Gasteiger partial charge in [0, 0.05) is 10.7 Å². The minimum absolute atomic E-state index is 0.336. The second kappa shape index (κ2) is 5.44. The zero-order valence-electron chi connectivity index (χ0n) is 10.8. The van der Waals surface area contributed by atoms with Crippen LogP contribution in [0.5, 0.6) is 0 Å². The molecule has 1 N–H and O–H groups in total. The minimum Gasteiger partial charge on any atom is -0.444 e. The van der Waals surface area contributed by atoms with Crippen molar-refractivity contribution in [1.82, 2.24) is 5.32 Å². The average Bonchev–Trinajstić information content (AvgIpc) is 1.95. The van der Waals surface area contributed by atoms with Crippen LogP contribution < -0.4 is 5.32 Å². The first-order chi connectivity index (χ1) is 7.37. The Balaban J connectivity index is 4.65. The van der Waals surface area contributed by atoms with E-state index in [0.717, 1.165) is 0 Å². The van der Waals surface area contributed by atoms with E-state index in [9.17, 15) is 13.2 Å². The van der Waals surface area contributed by atoms with Crippen LogP contribution in [0.1, 0.15) is 41.0 Å². The van der Waals surface area contributed by atoms with Crippen molar-refractivity contribution in [3.05, 3.63) is 0 Å². The number of ether oxygens (including phenoxy) is 1. The Morgan fingerprint density at radius 1 is 1.29 bits per heavy atom. The van der Waals surface area contributed by atoms with Crippen molar-refractivity contribution in [1.29, 1.82) is 0 Å². The van der Waals surface area contributed by atoms with E-state index < -0.39 is 26.3 Å². The lowest BCUT2D eigenvalue weighted by Crippen LogP contribution is -2.51. The van der Waals surface area contributed by atoms with E-state index in [1.165, 1.54) is 0 Å². The molecule has 0 aliphatic carbocycles. The van der Waals surface area contributed by atoms with Crippen LogP contribution in [-0.2, 0) is 13.8 Å². The molecule has 0 heterocycles. The van der Waals surface area contributed by atoms with Crippen molar-refractivity contribution in [2.75, 3.05) is 5.75 Å². The molecular weight excluding hydrogens is 266 g/mol. The van der Waals surface area contributed by atoms with Gasteiger partial charge >= 0.3 is 6.09 Å². The molecule has 1 unspecified atom stereocenters. The summed E-state index contributed by atoms with van der Waals surface area (Å²) in [5.74, 6) is -0.336. The van der Waals surface area contributed by atoms with Gasteiger partial charge in [-0.25, -0.2) is 13.2 Å². The predicted molar refractivity (Wildman–Crippen MR) is 67.7 cm³/mol. The molecule has 0 radical (unpaired) electrons. The molecule has 7 heteroatoms. The fourth-order valence-corrected chi connectivity index (χ4v) is 2.92. The normalized spacial score (nSPS) is 16.1. The minimum atomic E-state index is -3.68. The van der Waals surface area contributed by atoms with E-state index >= 15 is 0 Å². The first-order valence-corrected chi connectivity index (χ1v) is 7.78. The van der Waals surface area contributed by atoms with Gasteiger partial charge in [-0.3, -0.25) is 0 Å². The highest BCUT2D eigenvalue weighted by Crippen LogP contribution is 2.16. The lowest BCUT2D eigenvalue weighted by atomic mass is 10.0. The molecule has 0 aromatic carbocycles. The largest absolute Gasteiger partial charge is 0.444 e. The summed E-state index contributed by atoms with van der Waals surface area (Å²) in [6.45, 7) is 8.56. The van der Waals surface area contributed by atoms with Crippen molar-refractivity contribution in [2.24, 2.45) is 0 Å². The molecule has 102 valence electrons. The fourth-order valence-electron chi connectivity index (χ4n) is 1.16. The van der Waals surface area contributed by atoms with Gasteiger partial charge in [0.05, 0.1) is 11.3 Å². The number of halogens is 1. The van der Waals surface area contributed by atoms with Crippen molar-refractivity contribution in [3.63, 3.8) is 0 Å². The van der Waals surface area contributed by atoms with Gasteiger partial charge in [0.25, 0.3) is 0 Å². The molecule has 0 fully saturated rings. The van der Waals surface area contributed by atoms with Gasteiger partial charge in [-0.05, 0) is 34.1 Å². The summed E-state index contributed by atoms with van der Waals surface area (Å²) >= 11 is 0. The smallest absolute Gasteiger partial charge is 0.408 e. The SMILES string of the molecule is CCC(C)(CS(=O)(=O)Cl)NC(=O)OC(C)(C)C. The number of rotatable bonds is 4. The summed E-state index contributed by atoms with van der Waals surface area (Å²) in [7, 11) is 1.51. The zero-order chi connectivity index (χ0) is 13.9. The summed E-state index contributed by atoms with van der Waals surface area (Å²) in [6.07, 6.45) is -0.222. The van der Waals surface area contributed by atoms with E-state index in [1.807, 2.05) is 0 Å². The van der Waals surface area contributed by atoms with Crippen LogP contribution in [-0.4, -0.2) is 31.4 Å². The monoisotopic (exact) mass is 285 g/mol. The van der Waals surface area contributed by atoms with Crippen molar-refractivity contribution >= 4 is 25.8 Å². The first kappa shape index (κ1) is 16.5. The Morgan fingerprint density at radius 3 is 2.06 bits per heavy atom. The molecule has 0 spiro atoms. The van der Waals surface area contributed by atoms with E-state index in [4.69, 9.17) is 15.4 Å². The second-order valence-corrected chi connectivity index (χ2v) is 8.00. The Labute approximate surface area is 107 Å². The zero-order valence-corrected chi connectivity index (χ0v) is 12.4. The lowest BCUT2D eigenvalue weighted by Gasteiger charge is -2.30. The third-order valence-electron chi connectivity index (χ3n) is 2.07. The third-order valence-corrected chi connectivity index (χ3v) is 3.38. The maximum atomic E-state index is 11.5. The van der Waals surface area contributed by atoms with Gasteiger partial charge in [0.1, 0.15) is 5.60 Å². The molecule has 0 aliphatic heterocycles. The summed E-state index contributed by atoms with van der Waals surface area (Å²) in [4.78, 5) is 11.5.